The fourth-order valence-electron chi connectivity index (χ4n) is 7.34. The van der Waals surface area contributed by atoms with Crippen molar-refractivity contribution in [3.8, 4) is 0 Å². The smallest absolute Gasteiger partial charge is 0.306 e. The van der Waals surface area contributed by atoms with Crippen LogP contribution in [0.4, 0.5) is 0 Å². The van der Waals surface area contributed by atoms with E-state index in [1.165, 1.54) is 5.57 Å². The van der Waals surface area contributed by atoms with Gasteiger partial charge in [-0.3, -0.25) is 19.2 Å². The quantitative estimate of drug-likeness (QED) is 0.404. The van der Waals surface area contributed by atoms with Gasteiger partial charge < -0.3 is 4.74 Å². The van der Waals surface area contributed by atoms with E-state index in [0.717, 1.165) is 37.7 Å². The maximum atomic E-state index is 12.7. The number of esters is 1. The fraction of sp³-hybridized carbons (Fsp3) is 0.667. The fourth-order valence-corrected chi connectivity index (χ4v) is 7.34. The summed E-state index contributed by atoms with van der Waals surface area (Å²) in [5.74, 6) is -0.113. The van der Waals surface area contributed by atoms with Gasteiger partial charge in [-0.15, -0.1) is 0 Å². The van der Waals surface area contributed by atoms with Gasteiger partial charge in [0.1, 0.15) is 11.4 Å². The van der Waals surface area contributed by atoms with Crippen LogP contribution in [-0.2, 0) is 23.9 Å². The van der Waals surface area contributed by atoms with Crippen LogP contribution in [0.1, 0.15) is 71.6 Å². The number of ketones is 2. The van der Waals surface area contributed by atoms with Gasteiger partial charge in [-0.25, -0.2) is 0 Å². The summed E-state index contributed by atoms with van der Waals surface area (Å²) in [5.41, 5.74) is 2.01. The van der Waals surface area contributed by atoms with Crippen LogP contribution in [0.15, 0.2) is 22.8 Å². The SMILES string of the molecule is C[C@]12CC=C3C(=C(C(=O)C=O)CC4CC(=O)CC[C@]34C)[C@@H]1CC[C@@]21CCC(=O)O1. The first kappa shape index (κ1) is 19.0. The number of ether oxygens (including phenoxy) is 1. The zero-order chi connectivity index (χ0) is 20.6. The Morgan fingerprint density at radius 1 is 1.14 bits per heavy atom. The molecule has 29 heavy (non-hydrogen) atoms. The Morgan fingerprint density at radius 2 is 1.93 bits per heavy atom. The molecule has 154 valence electrons. The highest BCUT2D eigenvalue weighted by Gasteiger charge is 2.65. The van der Waals surface area contributed by atoms with Gasteiger partial charge in [0.15, 0.2) is 6.29 Å². The van der Waals surface area contributed by atoms with E-state index >= 15 is 0 Å². The Balaban J connectivity index is 1.67. The topological polar surface area (TPSA) is 77.5 Å². The van der Waals surface area contributed by atoms with Crippen molar-refractivity contribution in [2.24, 2.45) is 22.7 Å². The number of Topliss-reactive ketones (excluding diaryl/α,β-unsaturated/α-hetero) is 2. The molecular formula is C24H28O5. The number of hydrogen-bond donors (Lipinski definition) is 0. The third-order valence-electron chi connectivity index (χ3n) is 9.15. The minimum atomic E-state index is -0.459. The van der Waals surface area contributed by atoms with Gasteiger partial charge in [-0.05, 0) is 66.9 Å². The van der Waals surface area contributed by atoms with Crippen LogP contribution >= 0.6 is 0 Å². The molecule has 1 saturated heterocycles. The highest BCUT2D eigenvalue weighted by atomic mass is 16.6. The molecule has 1 unspecified atom stereocenters. The van der Waals surface area contributed by atoms with E-state index < -0.39 is 11.4 Å². The zero-order valence-corrected chi connectivity index (χ0v) is 17.2. The minimum absolute atomic E-state index is 0.0849. The zero-order valence-electron chi connectivity index (χ0n) is 17.2. The van der Waals surface area contributed by atoms with Crippen LogP contribution in [0.5, 0.6) is 0 Å². The highest BCUT2D eigenvalue weighted by molar-refractivity contribution is 6.33. The van der Waals surface area contributed by atoms with Gasteiger partial charge in [0.25, 0.3) is 0 Å². The van der Waals surface area contributed by atoms with Gasteiger partial charge in [0, 0.05) is 30.3 Å². The van der Waals surface area contributed by atoms with E-state index in [2.05, 4.69) is 19.9 Å². The van der Waals surface area contributed by atoms with Crippen LogP contribution in [0.2, 0.25) is 0 Å². The lowest BCUT2D eigenvalue weighted by molar-refractivity contribution is -0.158. The Labute approximate surface area is 170 Å². The molecule has 1 heterocycles. The van der Waals surface area contributed by atoms with E-state index in [9.17, 15) is 19.2 Å². The molecule has 3 fully saturated rings. The molecule has 5 atom stereocenters. The Hall–Kier alpha value is -2.04. The molecule has 0 radical (unpaired) electrons. The Bertz CT molecular complexity index is 910. The maximum absolute atomic E-state index is 12.7. The number of aldehydes is 1. The predicted molar refractivity (Wildman–Crippen MR) is 105 cm³/mol. The van der Waals surface area contributed by atoms with Gasteiger partial charge in [0.05, 0.1) is 0 Å². The normalized spacial score (nSPS) is 43.4. The van der Waals surface area contributed by atoms with E-state index in [1.807, 2.05) is 0 Å². The summed E-state index contributed by atoms with van der Waals surface area (Å²) in [6, 6.07) is 0. The molecule has 1 aliphatic heterocycles. The summed E-state index contributed by atoms with van der Waals surface area (Å²) >= 11 is 0. The Morgan fingerprint density at radius 3 is 2.62 bits per heavy atom. The van der Waals surface area contributed by atoms with E-state index in [1.54, 1.807) is 0 Å². The van der Waals surface area contributed by atoms with Crippen molar-refractivity contribution >= 4 is 23.8 Å². The van der Waals surface area contributed by atoms with Crippen LogP contribution < -0.4 is 0 Å². The molecule has 0 bridgehead atoms. The largest absolute Gasteiger partial charge is 0.458 e. The molecule has 5 aliphatic rings. The summed E-state index contributed by atoms with van der Waals surface area (Å²) in [6.07, 6.45) is 8.74. The van der Waals surface area contributed by atoms with E-state index in [0.29, 0.717) is 37.5 Å². The van der Waals surface area contributed by atoms with Gasteiger partial charge in [-0.2, -0.15) is 0 Å². The van der Waals surface area contributed by atoms with Crippen LogP contribution in [0.25, 0.3) is 0 Å². The number of fused-ring (bicyclic) bond motifs is 6. The molecule has 0 aromatic heterocycles. The Kier molecular flexibility index (Phi) is 3.92. The van der Waals surface area contributed by atoms with Crippen LogP contribution in [0.3, 0.4) is 0 Å². The van der Waals surface area contributed by atoms with Crippen LogP contribution in [0, 0.1) is 22.7 Å². The summed E-state index contributed by atoms with van der Waals surface area (Å²) in [6.45, 7) is 4.44. The molecule has 4 aliphatic carbocycles. The van der Waals surface area contributed by atoms with Crippen LogP contribution in [-0.4, -0.2) is 29.4 Å². The number of carbonyl (C=O) groups is 4. The molecule has 1 spiro atoms. The van der Waals surface area contributed by atoms with Crippen molar-refractivity contribution < 1.29 is 23.9 Å². The van der Waals surface area contributed by atoms with Crippen molar-refractivity contribution in [2.45, 2.75) is 77.2 Å². The lowest BCUT2D eigenvalue weighted by Gasteiger charge is -2.54. The number of rotatable bonds is 2. The summed E-state index contributed by atoms with van der Waals surface area (Å²) in [5, 5.41) is 0. The third-order valence-corrected chi connectivity index (χ3v) is 9.15. The van der Waals surface area contributed by atoms with E-state index in [-0.39, 0.29) is 34.4 Å². The maximum Gasteiger partial charge on any atom is 0.306 e. The summed E-state index contributed by atoms with van der Waals surface area (Å²) < 4.78 is 5.94. The molecule has 5 rings (SSSR count). The first-order chi connectivity index (χ1) is 13.7. The first-order valence-corrected chi connectivity index (χ1v) is 10.9. The molecule has 5 nitrogen and oxygen atoms in total. The first-order valence-electron chi connectivity index (χ1n) is 10.9. The van der Waals surface area contributed by atoms with Crippen molar-refractivity contribution in [1.82, 2.24) is 0 Å². The third kappa shape index (κ3) is 2.33. The van der Waals surface area contributed by atoms with Crippen molar-refractivity contribution in [3.63, 3.8) is 0 Å². The van der Waals surface area contributed by atoms with E-state index in [4.69, 9.17) is 4.74 Å². The average molecular weight is 396 g/mol. The van der Waals surface area contributed by atoms with Crippen molar-refractivity contribution in [2.75, 3.05) is 0 Å². The van der Waals surface area contributed by atoms with Crippen molar-refractivity contribution in [3.05, 3.63) is 22.8 Å². The second kappa shape index (κ2) is 5.99. The monoisotopic (exact) mass is 396 g/mol. The second-order valence-corrected chi connectivity index (χ2v) is 10.2. The molecule has 5 heteroatoms. The number of carbonyl (C=O) groups excluding carboxylic acids is 4. The van der Waals surface area contributed by atoms with Crippen molar-refractivity contribution in [1.29, 1.82) is 0 Å². The lowest BCUT2D eigenvalue weighted by atomic mass is 9.50. The van der Waals surface area contributed by atoms with Gasteiger partial charge in [0.2, 0.25) is 5.78 Å². The standard InChI is InChI=1S/C24H28O5/c1-22-7-3-15(26)11-14(22)12-16(19(27)13-25)21-17(22)4-8-23(2)18(21)5-9-24(23)10-6-20(28)29-24/h4,13-14,18H,3,5-12H2,1-2H3/t14?,18-,22-,23-,24+/m0/s1. The molecule has 0 amide bonds. The molecule has 0 aromatic carbocycles. The average Bonchev–Trinajstić information content (AvgIpc) is 3.22. The number of hydrogen-bond acceptors (Lipinski definition) is 5. The second-order valence-electron chi connectivity index (χ2n) is 10.2. The molecular weight excluding hydrogens is 368 g/mol. The van der Waals surface area contributed by atoms with Gasteiger partial charge in [-0.1, -0.05) is 19.9 Å². The number of allylic oxidation sites excluding steroid dienone is 4. The summed E-state index contributed by atoms with van der Waals surface area (Å²) in [7, 11) is 0. The molecule has 0 N–H and O–H groups in total. The summed E-state index contributed by atoms with van der Waals surface area (Å²) in [4.78, 5) is 48.4. The highest BCUT2D eigenvalue weighted by Crippen LogP contribution is 2.68. The molecule has 2 saturated carbocycles. The van der Waals surface area contributed by atoms with Gasteiger partial charge >= 0.3 is 5.97 Å². The predicted octanol–water partition coefficient (Wildman–Crippen LogP) is 3.65. The molecule has 0 aromatic rings. The lowest BCUT2D eigenvalue weighted by Crippen LogP contribution is -2.50. The minimum Gasteiger partial charge on any atom is -0.458 e.